The minimum absolute atomic E-state index is 0.398. The fourth-order valence-corrected chi connectivity index (χ4v) is 4.12. The monoisotopic (exact) mass is 436 g/mol. The highest BCUT2D eigenvalue weighted by Crippen LogP contribution is 2.38. The van der Waals surface area contributed by atoms with Crippen LogP contribution >= 0.6 is 23.4 Å². The number of nitrogens with one attached hydrogen (secondary N) is 1. The summed E-state index contributed by atoms with van der Waals surface area (Å²) in [6.45, 7) is 0. The van der Waals surface area contributed by atoms with Crippen molar-refractivity contribution in [2.75, 3.05) is 18.2 Å². The zero-order valence-corrected chi connectivity index (χ0v) is 17.8. The van der Waals surface area contributed by atoms with Crippen molar-refractivity contribution in [3.05, 3.63) is 59.5 Å². The molecule has 0 aliphatic rings. The second-order valence-corrected chi connectivity index (χ2v) is 7.85. The molecule has 2 heterocycles. The molecule has 9 heteroatoms. The van der Waals surface area contributed by atoms with E-state index in [2.05, 4.69) is 21.4 Å². The van der Waals surface area contributed by atoms with Crippen LogP contribution in [-0.4, -0.2) is 21.6 Å². The summed E-state index contributed by atoms with van der Waals surface area (Å²) in [6, 6.07) is 11.4. The smallest absolute Gasteiger partial charge is 0.172 e. The molecular formula is C21H17ClN6OS. The van der Waals surface area contributed by atoms with Gasteiger partial charge in [-0.05, 0) is 30.3 Å². The van der Waals surface area contributed by atoms with Crippen molar-refractivity contribution in [1.29, 1.82) is 5.26 Å². The van der Waals surface area contributed by atoms with E-state index >= 15 is 0 Å². The second-order valence-electron chi connectivity index (χ2n) is 6.43. The topological polar surface area (TPSA) is 102 Å². The Morgan fingerprint density at radius 1 is 1.27 bits per heavy atom. The quantitative estimate of drug-likeness (QED) is 0.425. The van der Waals surface area contributed by atoms with Crippen molar-refractivity contribution in [1.82, 2.24) is 14.5 Å². The molecule has 0 aliphatic carbocycles. The van der Waals surface area contributed by atoms with Crippen LogP contribution in [0.3, 0.4) is 0 Å². The molecule has 0 atom stereocenters. The second kappa shape index (κ2) is 8.14. The number of methoxy groups -OCH3 is 1. The first-order chi connectivity index (χ1) is 14.5. The Kier molecular flexibility index (Phi) is 5.40. The Labute approximate surface area is 182 Å². The van der Waals surface area contributed by atoms with E-state index in [9.17, 15) is 5.26 Å². The van der Waals surface area contributed by atoms with E-state index in [1.807, 2.05) is 42.1 Å². The third kappa shape index (κ3) is 3.61. The number of imidazole rings is 1. The number of aromatic nitrogens is 3. The number of fused-ring (bicyclic) bond motifs is 1. The van der Waals surface area contributed by atoms with Gasteiger partial charge in [-0.2, -0.15) is 5.26 Å². The fraction of sp³-hybridized carbons (Fsp3) is 0.0952. The van der Waals surface area contributed by atoms with Crippen LogP contribution < -0.4 is 15.8 Å². The average molecular weight is 437 g/mol. The number of nitriles is 1. The Bertz CT molecular complexity index is 1300. The van der Waals surface area contributed by atoms with Gasteiger partial charge in [-0.25, -0.2) is 4.98 Å². The minimum atomic E-state index is 0.398. The maximum Gasteiger partial charge on any atom is 0.172 e. The minimum Gasteiger partial charge on any atom is -0.495 e. The largest absolute Gasteiger partial charge is 0.495 e. The first-order valence-electron chi connectivity index (χ1n) is 8.89. The van der Waals surface area contributed by atoms with Crippen LogP contribution in [0.5, 0.6) is 5.75 Å². The van der Waals surface area contributed by atoms with Crippen LogP contribution in [0.25, 0.3) is 10.9 Å². The van der Waals surface area contributed by atoms with Crippen LogP contribution in [0.15, 0.2) is 59.0 Å². The molecule has 0 aliphatic heterocycles. The van der Waals surface area contributed by atoms with Gasteiger partial charge in [0.05, 0.1) is 28.9 Å². The van der Waals surface area contributed by atoms with Crippen LogP contribution in [-0.2, 0) is 7.05 Å². The van der Waals surface area contributed by atoms with Gasteiger partial charge in [-0.15, -0.1) is 0 Å². The van der Waals surface area contributed by atoms with E-state index in [1.165, 1.54) is 18.0 Å². The lowest BCUT2D eigenvalue weighted by atomic mass is 10.1. The van der Waals surface area contributed by atoms with Crippen molar-refractivity contribution in [3.8, 4) is 11.8 Å². The summed E-state index contributed by atoms with van der Waals surface area (Å²) >= 11 is 7.99. The van der Waals surface area contributed by atoms with Gasteiger partial charge in [0.1, 0.15) is 17.5 Å². The van der Waals surface area contributed by atoms with Gasteiger partial charge >= 0.3 is 0 Å². The Balaban J connectivity index is 1.72. The van der Waals surface area contributed by atoms with Crippen LogP contribution in [0.4, 0.5) is 17.1 Å². The molecule has 4 rings (SSSR count). The molecule has 150 valence electrons. The van der Waals surface area contributed by atoms with Gasteiger partial charge in [0.15, 0.2) is 5.16 Å². The van der Waals surface area contributed by atoms with Gasteiger partial charge in [0.2, 0.25) is 0 Å². The third-order valence-corrected chi connectivity index (χ3v) is 6.13. The number of nitrogens with two attached hydrogens (primary N) is 1. The van der Waals surface area contributed by atoms with Crippen molar-refractivity contribution in [2.24, 2.45) is 7.05 Å². The summed E-state index contributed by atoms with van der Waals surface area (Å²) in [7, 11) is 3.48. The van der Waals surface area contributed by atoms with Crippen LogP contribution in [0.2, 0.25) is 5.02 Å². The molecule has 0 amide bonds. The number of nitrogen functional groups attached to an aromatic ring is 1. The summed E-state index contributed by atoms with van der Waals surface area (Å²) in [6.07, 6.45) is 5.11. The molecular weight excluding hydrogens is 420 g/mol. The Morgan fingerprint density at radius 3 is 2.77 bits per heavy atom. The first kappa shape index (κ1) is 19.9. The van der Waals surface area contributed by atoms with Crippen LogP contribution in [0, 0.1) is 11.3 Å². The van der Waals surface area contributed by atoms with E-state index < -0.39 is 0 Å². The number of nitrogens with zero attached hydrogens (tertiary/aromatic N) is 4. The number of aryl methyl sites for hydroxylation is 1. The molecule has 2 aromatic heterocycles. The summed E-state index contributed by atoms with van der Waals surface area (Å²) in [5.74, 6) is 0.532. The van der Waals surface area contributed by atoms with Crippen molar-refractivity contribution in [3.63, 3.8) is 0 Å². The Morgan fingerprint density at radius 2 is 2.10 bits per heavy atom. The number of pyridine rings is 1. The van der Waals surface area contributed by atoms with Crippen molar-refractivity contribution in [2.45, 2.75) is 10.1 Å². The highest BCUT2D eigenvalue weighted by atomic mass is 35.5. The molecule has 7 nitrogen and oxygen atoms in total. The molecule has 4 aromatic rings. The number of ether oxygens (including phenoxy) is 1. The summed E-state index contributed by atoms with van der Waals surface area (Å²) in [5.41, 5.74) is 8.90. The van der Waals surface area contributed by atoms with Crippen molar-refractivity contribution < 1.29 is 4.74 Å². The molecule has 0 fully saturated rings. The number of hydrogen-bond donors (Lipinski definition) is 2. The lowest BCUT2D eigenvalue weighted by molar-refractivity contribution is 0.417. The van der Waals surface area contributed by atoms with E-state index in [0.29, 0.717) is 33.2 Å². The number of rotatable bonds is 5. The van der Waals surface area contributed by atoms with Crippen LogP contribution in [0.1, 0.15) is 5.56 Å². The normalized spacial score (nSPS) is 10.7. The number of halogens is 1. The molecule has 0 spiro atoms. The zero-order chi connectivity index (χ0) is 21.3. The first-order valence-corrected chi connectivity index (χ1v) is 10.1. The SMILES string of the molecule is COc1ccc2c(Nc3ccc(Sc4nccn4C)c(Cl)c3)c(C#N)cnc2c1N. The molecule has 0 saturated heterocycles. The highest BCUT2D eigenvalue weighted by molar-refractivity contribution is 7.99. The summed E-state index contributed by atoms with van der Waals surface area (Å²) < 4.78 is 7.20. The summed E-state index contributed by atoms with van der Waals surface area (Å²) in [4.78, 5) is 9.53. The third-order valence-electron chi connectivity index (χ3n) is 4.56. The zero-order valence-electron chi connectivity index (χ0n) is 16.2. The van der Waals surface area contributed by atoms with Gasteiger partial charge in [0, 0.05) is 41.6 Å². The number of hydrogen-bond acceptors (Lipinski definition) is 7. The summed E-state index contributed by atoms with van der Waals surface area (Å²) in [5, 5.41) is 15.0. The van der Waals surface area contributed by atoms with E-state index in [1.54, 1.807) is 19.4 Å². The Hall–Kier alpha value is -3.41. The maximum absolute atomic E-state index is 9.57. The standard InChI is InChI=1S/C21H17ClN6OS/c1-28-8-7-25-21(28)30-17-6-3-13(9-15(17)22)27-19-12(10-23)11-26-20-14(19)4-5-16(29-2)18(20)24/h3-9,11H,24H2,1-2H3,(H,26,27). The molecule has 0 unspecified atom stereocenters. The molecule has 0 bridgehead atoms. The number of anilines is 3. The van der Waals surface area contributed by atoms with E-state index in [-0.39, 0.29) is 0 Å². The number of benzene rings is 2. The van der Waals surface area contributed by atoms with E-state index in [0.717, 1.165) is 21.1 Å². The predicted molar refractivity (Wildman–Crippen MR) is 119 cm³/mol. The lowest BCUT2D eigenvalue weighted by Crippen LogP contribution is -2.00. The predicted octanol–water partition coefficient (Wildman–Crippen LogP) is 4.98. The fourth-order valence-electron chi connectivity index (χ4n) is 3.02. The van der Waals surface area contributed by atoms with Crippen molar-refractivity contribution >= 4 is 51.3 Å². The van der Waals surface area contributed by atoms with Gasteiger partial charge < -0.3 is 20.4 Å². The molecule has 0 radical (unpaired) electrons. The molecule has 3 N–H and O–H groups in total. The molecule has 2 aromatic carbocycles. The average Bonchev–Trinajstić information content (AvgIpc) is 3.15. The lowest BCUT2D eigenvalue weighted by Gasteiger charge is -2.14. The van der Waals surface area contributed by atoms with Gasteiger partial charge in [-0.3, -0.25) is 4.98 Å². The molecule has 30 heavy (non-hydrogen) atoms. The highest BCUT2D eigenvalue weighted by Gasteiger charge is 2.15. The maximum atomic E-state index is 9.57. The molecule has 0 saturated carbocycles. The van der Waals surface area contributed by atoms with Gasteiger partial charge in [0.25, 0.3) is 0 Å². The van der Waals surface area contributed by atoms with E-state index in [4.69, 9.17) is 22.1 Å². The van der Waals surface area contributed by atoms with Gasteiger partial charge in [-0.1, -0.05) is 23.4 Å².